The first-order valence-electron chi connectivity index (χ1n) is 8.09. The van der Waals surface area contributed by atoms with E-state index in [9.17, 15) is 9.18 Å². The Hall–Kier alpha value is -2.64. The van der Waals surface area contributed by atoms with Crippen LogP contribution in [0.5, 0.6) is 0 Å². The number of aromatic nitrogens is 3. The Bertz CT molecular complexity index is 941. The van der Waals surface area contributed by atoms with Crippen LogP contribution in [0.3, 0.4) is 0 Å². The highest BCUT2D eigenvalue weighted by molar-refractivity contribution is 8.00. The predicted molar refractivity (Wildman–Crippen MR) is 107 cm³/mol. The lowest BCUT2D eigenvalue weighted by molar-refractivity contribution is -0.115. The van der Waals surface area contributed by atoms with Crippen molar-refractivity contribution in [3.8, 4) is 0 Å². The van der Waals surface area contributed by atoms with E-state index in [1.54, 1.807) is 55.5 Å². The fourth-order valence-electron chi connectivity index (χ4n) is 2.12. The van der Waals surface area contributed by atoms with Gasteiger partial charge in [0.25, 0.3) is 0 Å². The number of nitrogens with one attached hydrogen (secondary N) is 2. The van der Waals surface area contributed by atoms with Crippen molar-refractivity contribution in [2.75, 3.05) is 5.32 Å². The number of benzene rings is 2. The fourth-order valence-corrected chi connectivity index (χ4v) is 2.98. The van der Waals surface area contributed by atoms with Crippen molar-refractivity contribution in [1.82, 2.24) is 15.2 Å². The van der Waals surface area contributed by atoms with Crippen LogP contribution in [0.1, 0.15) is 18.3 Å². The third-order valence-electron chi connectivity index (χ3n) is 3.55. The lowest BCUT2D eigenvalue weighted by Gasteiger charge is -2.10. The van der Waals surface area contributed by atoms with Gasteiger partial charge in [-0.2, -0.15) is 0 Å². The minimum atomic E-state index is -0.384. The second-order valence-electron chi connectivity index (χ2n) is 5.64. The average molecular weight is 403 g/mol. The van der Waals surface area contributed by atoms with Crippen molar-refractivity contribution in [2.45, 2.75) is 17.3 Å². The summed E-state index contributed by atoms with van der Waals surface area (Å²) in [5, 5.41) is 10.4. The number of anilines is 1. The number of carbonyl (C=O) groups excluding carboxylic acids is 1. The third-order valence-corrected chi connectivity index (χ3v) is 4.76. The van der Waals surface area contributed by atoms with Crippen molar-refractivity contribution in [3.63, 3.8) is 0 Å². The minimum absolute atomic E-state index is 0.157. The van der Waals surface area contributed by atoms with Gasteiger partial charge in [0.1, 0.15) is 11.6 Å². The fraction of sp³-hybridized carbons (Fsp3) is 0.105. The molecule has 0 saturated carbocycles. The Kier molecular flexibility index (Phi) is 6.26. The molecule has 0 radical (unpaired) electrons. The number of nitrogens with zero attached hydrogens (tertiary/aromatic N) is 2. The van der Waals surface area contributed by atoms with E-state index in [1.165, 1.54) is 23.9 Å². The van der Waals surface area contributed by atoms with Gasteiger partial charge in [-0.3, -0.25) is 9.89 Å². The van der Waals surface area contributed by atoms with Gasteiger partial charge in [0, 0.05) is 10.7 Å². The van der Waals surface area contributed by atoms with E-state index in [4.69, 9.17) is 11.6 Å². The second-order valence-corrected chi connectivity index (χ2v) is 7.39. The number of rotatable bonds is 6. The predicted octanol–water partition coefficient (Wildman–Crippen LogP) is 4.89. The van der Waals surface area contributed by atoms with E-state index in [0.29, 0.717) is 21.7 Å². The lowest BCUT2D eigenvalue weighted by Crippen LogP contribution is -2.22. The molecule has 0 bridgehead atoms. The minimum Gasteiger partial charge on any atom is -0.325 e. The summed E-state index contributed by atoms with van der Waals surface area (Å²) in [5.74, 6) is 0.110. The maximum Gasteiger partial charge on any atom is 0.237 e. The zero-order valence-corrected chi connectivity index (χ0v) is 15.9. The van der Waals surface area contributed by atoms with E-state index >= 15 is 0 Å². The van der Waals surface area contributed by atoms with E-state index < -0.39 is 0 Å². The van der Waals surface area contributed by atoms with Gasteiger partial charge in [-0.15, -0.1) is 5.10 Å². The van der Waals surface area contributed by atoms with Crippen LogP contribution in [-0.2, 0) is 4.79 Å². The monoisotopic (exact) mass is 402 g/mol. The molecule has 1 heterocycles. The van der Waals surface area contributed by atoms with E-state index in [-0.39, 0.29) is 17.0 Å². The van der Waals surface area contributed by atoms with Crippen LogP contribution in [0.2, 0.25) is 5.02 Å². The molecular formula is C19H16ClFN4OS. The van der Waals surface area contributed by atoms with Crippen molar-refractivity contribution in [1.29, 1.82) is 0 Å². The van der Waals surface area contributed by atoms with Crippen LogP contribution in [-0.4, -0.2) is 26.3 Å². The Morgan fingerprint density at radius 1 is 1.19 bits per heavy atom. The molecule has 8 heteroatoms. The van der Waals surface area contributed by atoms with Gasteiger partial charge in [0.15, 0.2) is 0 Å². The maximum atomic E-state index is 12.9. The molecule has 2 N–H and O–H groups in total. The standard InChI is InChI=1S/C19H16ClFN4OS/c1-12(18(26)22-16-9-5-14(20)6-10-16)27-19-23-17(24-25-19)11-4-13-2-7-15(21)8-3-13/h2-12H,1H3,(H,22,26)(H,23,24,25)/b11-4+. The molecule has 2 aromatic carbocycles. The molecular weight excluding hydrogens is 387 g/mol. The normalized spacial score (nSPS) is 12.3. The SMILES string of the molecule is CC(Sc1n[nH]c(/C=C/c2ccc(F)cc2)n1)C(=O)Nc1ccc(Cl)cc1. The molecule has 0 aliphatic rings. The van der Waals surface area contributed by atoms with E-state index in [1.807, 2.05) is 0 Å². The van der Waals surface area contributed by atoms with Gasteiger partial charge in [0.2, 0.25) is 11.1 Å². The van der Waals surface area contributed by atoms with Crippen LogP contribution < -0.4 is 5.32 Å². The van der Waals surface area contributed by atoms with E-state index in [2.05, 4.69) is 20.5 Å². The summed E-state index contributed by atoms with van der Waals surface area (Å²) in [7, 11) is 0. The highest BCUT2D eigenvalue weighted by atomic mass is 35.5. The third kappa shape index (κ3) is 5.67. The number of hydrogen-bond acceptors (Lipinski definition) is 4. The first-order chi connectivity index (χ1) is 13.0. The summed E-state index contributed by atoms with van der Waals surface area (Å²) in [4.78, 5) is 16.6. The molecule has 0 aliphatic carbocycles. The Balaban J connectivity index is 1.56. The summed E-state index contributed by atoms with van der Waals surface area (Å²) in [6, 6.07) is 13.0. The quantitative estimate of drug-likeness (QED) is 0.576. The number of thioether (sulfide) groups is 1. The Morgan fingerprint density at radius 2 is 1.89 bits per heavy atom. The molecule has 138 valence electrons. The maximum absolute atomic E-state index is 12.9. The molecule has 3 rings (SSSR count). The van der Waals surface area contributed by atoms with Crippen LogP contribution in [0.25, 0.3) is 12.2 Å². The summed E-state index contributed by atoms with van der Waals surface area (Å²) in [6.07, 6.45) is 3.54. The number of aromatic amines is 1. The van der Waals surface area contributed by atoms with Gasteiger partial charge in [0.05, 0.1) is 5.25 Å². The summed E-state index contributed by atoms with van der Waals surface area (Å²) in [5.41, 5.74) is 1.52. The summed E-state index contributed by atoms with van der Waals surface area (Å²) in [6.45, 7) is 1.78. The second kappa shape index (κ2) is 8.83. The van der Waals surface area contributed by atoms with Crippen LogP contribution >= 0.6 is 23.4 Å². The molecule has 0 fully saturated rings. The molecule has 0 spiro atoms. The molecule has 0 saturated heterocycles. The molecule has 1 unspecified atom stereocenters. The van der Waals surface area contributed by atoms with Gasteiger partial charge in [-0.05, 0) is 55.0 Å². The van der Waals surface area contributed by atoms with Crippen molar-refractivity contribution in [3.05, 3.63) is 70.8 Å². The largest absolute Gasteiger partial charge is 0.325 e. The first-order valence-corrected chi connectivity index (χ1v) is 9.34. The van der Waals surface area contributed by atoms with Gasteiger partial charge in [-0.1, -0.05) is 41.6 Å². The zero-order chi connectivity index (χ0) is 19.2. The molecule has 3 aromatic rings. The van der Waals surface area contributed by atoms with Gasteiger partial charge in [-0.25, -0.2) is 9.37 Å². The van der Waals surface area contributed by atoms with Crippen molar-refractivity contribution in [2.24, 2.45) is 0 Å². The summed E-state index contributed by atoms with van der Waals surface area (Å²) < 4.78 is 12.9. The molecule has 1 atom stereocenters. The highest BCUT2D eigenvalue weighted by Crippen LogP contribution is 2.21. The smallest absolute Gasteiger partial charge is 0.237 e. The number of carbonyl (C=O) groups is 1. The van der Waals surface area contributed by atoms with Gasteiger partial charge >= 0.3 is 0 Å². The average Bonchev–Trinajstić information content (AvgIpc) is 3.10. The van der Waals surface area contributed by atoms with E-state index in [0.717, 1.165) is 5.56 Å². The van der Waals surface area contributed by atoms with Crippen LogP contribution in [0.4, 0.5) is 10.1 Å². The molecule has 1 amide bonds. The number of hydrogen-bond donors (Lipinski definition) is 2. The lowest BCUT2D eigenvalue weighted by atomic mass is 10.2. The molecule has 0 aliphatic heterocycles. The van der Waals surface area contributed by atoms with Crippen molar-refractivity contribution < 1.29 is 9.18 Å². The first kappa shape index (κ1) is 19.1. The molecule has 1 aromatic heterocycles. The topological polar surface area (TPSA) is 70.7 Å². The number of halogens is 2. The summed E-state index contributed by atoms with van der Waals surface area (Å²) >= 11 is 7.08. The molecule has 5 nitrogen and oxygen atoms in total. The van der Waals surface area contributed by atoms with Crippen LogP contribution in [0.15, 0.2) is 53.7 Å². The van der Waals surface area contributed by atoms with Crippen LogP contribution in [0, 0.1) is 5.82 Å². The van der Waals surface area contributed by atoms with Crippen molar-refractivity contribution >= 4 is 47.1 Å². The zero-order valence-electron chi connectivity index (χ0n) is 14.3. The number of H-pyrrole nitrogens is 1. The Labute approximate surface area is 165 Å². The number of amides is 1. The van der Waals surface area contributed by atoms with Gasteiger partial charge < -0.3 is 5.32 Å². The molecule has 27 heavy (non-hydrogen) atoms. The highest BCUT2D eigenvalue weighted by Gasteiger charge is 2.17. The Morgan fingerprint density at radius 3 is 2.59 bits per heavy atom.